The molecule has 1 N–H and O–H groups in total. The van der Waals surface area contributed by atoms with Crippen LogP contribution < -0.4 is 0 Å². The number of fused-ring (bicyclic) bond motifs is 1. The van der Waals surface area contributed by atoms with Crippen molar-refractivity contribution in [1.29, 1.82) is 0 Å². The van der Waals surface area contributed by atoms with E-state index in [1.54, 1.807) is 13.1 Å². The lowest BCUT2D eigenvalue weighted by molar-refractivity contribution is -0.123. The zero-order valence-corrected chi connectivity index (χ0v) is 14.7. The summed E-state index contributed by atoms with van der Waals surface area (Å²) in [6.45, 7) is 2.00. The number of allylic oxidation sites excluding steroid dienone is 4. The Hall–Kier alpha value is -2.62. The molecule has 4 heteroatoms. The Balaban J connectivity index is 1.71. The maximum atomic E-state index is 11.9. The number of carbonyl (C=O) groups excluding carboxylic acids is 2. The first-order valence-electron chi connectivity index (χ1n) is 8.61. The molecule has 1 aliphatic carbocycles. The molecule has 130 valence electrons. The number of amides is 1. The summed E-state index contributed by atoms with van der Waals surface area (Å²) in [6, 6.07) is 8.54. The largest absolute Gasteiger partial charge is 0.507 e. The SMILES string of the molecule is CC(/C=C/C(O)=C1C(=O)CN(C)C1=O)=C\C1CCc2ccccc2C1. The van der Waals surface area contributed by atoms with Crippen LogP contribution in [0.3, 0.4) is 0 Å². The molecule has 1 amide bonds. The summed E-state index contributed by atoms with van der Waals surface area (Å²) in [5, 5.41) is 10.1. The average molecular weight is 337 g/mol. The number of aryl methyl sites for hydroxylation is 1. The molecule has 0 radical (unpaired) electrons. The number of benzene rings is 1. The summed E-state index contributed by atoms with van der Waals surface area (Å²) < 4.78 is 0. The van der Waals surface area contributed by atoms with E-state index in [0.717, 1.165) is 24.8 Å². The molecule has 0 spiro atoms. The van der Waals surface area contributed by atoms with Crippen molar-refractivity contribution in [3.05, 3.63) is 70.5 Å². The van der Waals surface area contributed by atoms with Crippen LogP contribution in [0.1, 0.15) is 24.5 Å². The van der Waals surface area contributed by atoms with Gasteiger partial charge in [-0.1, -0.05) is 42.0 Å². The number of hydrogen-bond donors (Lipinski definition) is 1. The van der Waals surface area contributed by atoms with E-state index in [9.17, 15) is 14.7 Å². The van der Waals surface area contributed by atoms with Gasteiger partial charge in [-0.25, -0.2) is 0 Å². The van der Waals surface area contributed by atoms with Crippen molar-refractivity contribution in [3.63, 3.8) is 0 Å². The molecule has 1 aromatic carbocycles. The summed E-state index contributed by atoms with van der Waals surface area (Å²) in [5.41, 5.74) is 3.74. The summed E-state index contributed by atoms with van der Waals surface area (Å²) >= 11 is 0. The Kier molecular flexibility index (Phi) is 4.88. The van der Waals surface area contributed by atoms with Crippen LogP contribution in [0.15, 0.2) is 59.4 Å². The highest BCUT2D eigenvalue weighted by molar-refractivity contribution is 6.25. The van der Waals surface area contributed by atoms with E-state index in [2.05, 4.69) is 30.3 Å². The van der Waals surface area contributed by atoms with E-state index in [4.69, 9.17) is 0 Å². The zero-order chi connectivity index (χ0) is 18.0. The van der Waals surface area contributed by atoms with Gasteiger partial charge in [0.05, 0.1) is 6.54 Å². The molecule has 3 rings (SSSR count). The van der Waals surface area contributed by atoms with Gasteiger partial charge in [-0.2, -0.15) is 0 Å². The van der Waals surface area contributed by atoms with Crippen LogP contribution in [0.25, 0.3) is 0 Å². The summed E-state index contributed by atoms with van der Waals surface area (Å²) in [6.07, 6.45) is 8.63. The fraction of sp³-hybridized carbons (Fsp3) is 0.333. The van der Waals surface area contributed by atoms with E-state index in [0.29, 0.717) is 5.92 Å². The Bertz CT molecular complexity index is 801. The Morgan fingerprint density at radius 1 is 1.20 bits per heavy atom. The Morgan fingerprint density at radius 2 is 1.92 bits per heavy atom. The van der Waals surface area contributed by atoms with Crippen molar-refractivity contribution in [3.8, 4) is 0 Å². The van der Waals surface area contributed by atoms with Crippen LogP contribution >= 0.6 is 0 Å². The molecule has 1 atom stereocenters. The number of rotatable bonds is 3. The molecular formula is C21H23NO3. The highest BCUT2D eigenvalue weighted by Crippen LogP contribution is 2.27. The number of aliphatic hydroxyl groups excluding tert-OH is 1. The van der Waals surface area contributed by atoms with Crippen molar-refractivity contribution in [1.82, 2.24) is 4.90 Å². The maximum absolute atomic E-state index is 11.9. The molecule has 4 nitrogen and oxygen atoms in total. The topological polar surface area (TPSA) is 57.6 Å². The second-order valence-electron chi connectivity index (χ2n) is 6.86. The summed E-state index contributed by atoms with van der Waals surface area (Å²) in [7, 11) is 1.55. The lowest BCUT2D eigenvalue weighted by atomic mass is 9.83. The van der Waals surface area contributed by atoms with Gasteiger partial charge in [0, 0.05) is 7.05 Å². The minimum absolute atomic E-state index is 0.0301. The molecule has 25 heavy (non-hydrogen) atoms. The van der Waals surface area contributed by atoms with Crippen molar-refractivity contribution < 1.29 is 14.7 Å². The fourth-order valence-corrected chi connectivity index (χ4v) is 3.52. The molecule has 1 aromatic rings. The number of likely N-dealkylation sites (N-methyl/N-ethyl adjacent to an activating group) is 1. The van der Waals surface area contributed by atoms with E-state index < -0.39 is 5.91 Å². The number of nitrogens with zero attached hydrogens (tertiary/aromatic N) is 1. The fourth-order valence-electron chi connectivity index (χ4n) is 3.52. The van der Waals surface area contributed by atoms with Crippen LogP contribution in [0, 0.1) is 5.92 Å². The zero-order valence-electron chi connectivity index (χ0n) is 14.7. The molecule has 1 fully saturated rings. The molecule has 1 unspecified atom stereocenters. The molecule has 2 aliphatic rings. The van der Waals surface area contributed by atoms with Gasteiger partial charge in [-0.05, 0) is 49.3 Å². The second-order valence-corrected chi connectivity index (χ2v) is 6.86. The van der Waals surface area contributed by atoms with Gasteiger partial charge in [-0.15, -0.1) is 0 Å². The lowest BCUT2D eigenvalue weighted by Gasteiger charge is -2.22. The first kappa shape index (κ1) is 17.2. The number of aliphatic hydroxyl groups is 1. The minimum Gasteiger partial charge on any atom is -0.507 e. The van der Waals surface area contributed by atoms with Gasteiger partial charge in [0.1, 0.15) is 11.3 Å². The number of likely N-dealkylation sites (tertiary alicyclic amines) is 1. The molecular weight excluding hydrogens is 314 g/mol. The average Bonchev–Trinajstić information content (AvgIpc) is 2.85. The smallest absolute Gasteiger partial charge is 0.261 e. The Labute approximate surface area is 148 Å². The maximum Gasteiger partial charge on any atom is 0.261 e. The van der Waals surface area contributed by atoms with Gasteiger partial charge in [0.2, 0.25) is 0 Å². The monoisotopic (exact) mass is 337 g/mol. The predicted octanol–water partition coefficient (Wildman–Crippen LogP) is 3.15. The number of hydrogen-bond acceptors (Lipinski definition) is 3. The van der Waals surface area contributed by atoms with Crippen LogP contribution in [-0.2, 0) is 22.4 Å². The van der Waals surface area contributed by atoms with Crippen molar-refractivity contribution in [2.24, 2.45) is 5.92 Å². The normalized spacial score (nSPS) is 23.4. The molecule has 1 saturated heterocycles. The standard InChI is InChI=1S/C21H23NO3/c1-14(7-10-18(23)20-19(24)13-22(2)21(20)25)11-15-8-9-16-5-3-4-6-17(16)12-15/h3-7,10-11,15,23H,8-9,12-13H2,1-2H3/b10-7+,14-11+,20-18?. The van der Waals surface area contributed by atoms with Crippen LogP contribution in [0.5, 0.6) is 0 Å². The van der Waals surface area contributed by atoms with Gasteiger partial charge in [-0.3, -0.25) is 9.59 Å². The molecule has 0 bridgehead atoms. The van der Waals surface area contributed by atoms with Crippen LogP contribution in [0.4, 0.5) is 0 Å². The van der Waals surface area contributed by atoms with Crippen molar-refractivity contribution >= 4 is 11.7 Å². The van der Waals surface area contributed by atoms with Gasteiger partial charge < -0.3 is 10.0 Å². The van der Waals surface area contributed by atoms with Crippen LogP contribution in [0.2, 0.25) is 0 Å². The number of carbonyl (C=O) groups is 2. The summed E-state index contributed by atoms with van der Waals surface area (Å²) in [4.78, 5) is 25.0. The van der Waals surface area contributed by atoms with Crippen molar-refractivity contribution in [2.45, 2.75) is 26.2 Å². The van der Waals surface area contributed by atoms with E-state index in [1.165, 1.54) is 22.1 Å². The Morgan fingerprint density at radius 3 is 2.60 bits per heavy atom. The third-order valence-electron chi connectivity index (χ3n) is 4.86. The molecule has 0 saturated carbocycles. The highest BCUT2D eigenvalue weighted by atomic mass is 16.3. The van der Waals surface area contributed by atoms with Crippen LogP contribution in [-0.4, -0.2) is 35.3 Å². The lowest BCUT2D eigenvalue weighted by Crippen LogP contribution is -2.19. The third-order valence-corrected chi connectivity index (χ3v) is 4.86. The number of Topliss-reactive ketones (excluding diaryl/α,β-unsaturated/α-hetero) is 1. The van der Waals surface area contributed by atoms with Gasteiger partial charge in [0.15, 0.2) is 5.78 Å². The molecule has 0 aromatic heterocycles. The van der Waals surface area contributed by atoms with Gasteiger partial charge >= 0.3 is 0 Å². The predicted molar refractivity (Wildman–Crippen MR) is 97.2 cm³/mol. The van der Waals surface area contributed by atoms with Crippen molar-refractivity contribution in [2.75, 3.05) is 13.6 Å². The second kappa shape index (κ2) is 7.09. The first-order chi connectivity index (χ1) is 12.0. The van der Waals surface area contributed by atoms with E-state index in [-0.39, 0.29) is 23.7 Å². The van der Waals surface area contributed by atoms with E-state index in [1.807, 2.05) is 6.92 Å². The third kappa shape index (κ3) is 3.73. The van der Waals surface area contributed by atoms with E-state index >= 15 is 0 Å². The molecule has 1 aliphatic heterocycles. The minimum atomic E-state index is -0.419. The number of ketones is 1. The quantitative estimate of drug-likeness (QED) is 0.399. The highest BCUT2D eigenvalue weighted by Gasteiger charge is 2.33. The molecule has 1 heterocycles. The first-order valence-corrected chi connectivity index (χ1v) is 8.61. The van der Waals surface area contributed by atoms with Gasteiger partial charge in [0.25, 0.3) is 5.91 Å². The summed E-state index contributed by atoms with van der Waals surface area (Å²) in [5.74, 6) is -0.533.